The van der Waals surface area contributed by atoms with Gasteiger partial charge < -0.3 is 4.74 Å². The van der Waals surface area contributed by atoms with Crippen LogP contribution < -0.4 is 0 Å². The van der Waals surface area contributed by atoms with Gasteiger partial charge in [-0.25, -0.2) is 0 Å². The molecule has 0 spiro atoms. The number of ether oxygens (including phenoxy) is 1. The van der Waals surface area contributed by atoms with Crippen LogP contribution in [0.15, 0.2) is 109 Å². The highest BCUT2D eigenvalue weighted by Gasteiger charge is 2.75. The molecule has 3 aliphatic rings. The predicted octanol–water partition coefficient (Wildman–Crippen LogP) is 5.58. The van der Waals surface area contributed by atoms with Gasteiger partial charge in [-0.15, -0.1) is 0 Å². The summed E-state index contributed by atoms with van der Waals surface area (Å²) in [5, 5.41) is 0. The molecule has 4 atom stereocenters. The summed E-state index contributed by atoms with van der Waals surface area (Å²) in [6, 6.07) is 30.0. The predicted molar refractivity (Wildman–Crippen MR) is 107 cm³/mol. The lowest BCUT2D eigenvalue weighted by atomic mass is 9.49. The summed E-state index contributed by atoms with van der Waals surface area (Å²) >= 11 is 0. The van der Waals surface area contributed by atoms with Gasteiger partial charge >= 0.3 is 0 Å². The van der Waals surface area contributed by atoms with Gasteiger partial charge in [0.15, 0.2) is 0 Å². The summed E-state index contributed by atoms with van der Waals surface area (Å²) in [7, 11) is 0. The fourth-order valence-corrected chi connectivity index (χ4v) is 5.78. The molecule has 1 saturated heterocycles. The first kappa shape index (κ1) is 15.2. The lowest BCUT2D eigenvalue weighted by molar-refractivity contribution is -0.0495. The molecule has 6 rings (SSSR count). The van der Waals surface area contributed by atoms with E-state index in [1.165, 1.54) is 22.3 Å². The van der Waals surface area contributed by atoms with E-state index < -0.39 is 11.2 Å². The zero-order chi connectivity index (χ0) is 18.2. The third kappa shape index (κ3) is 1.53. The highest BCUT2D eigenvalue weighted by atomic mass is 16.5. The van der Waals surface area contributed by atoms with Crippen LogP contribution in [0.5, 0.6) is 0 Å². The Bertz CT molecular complexity index is 1010. The zero-order valence-electron chi connectivity index (χ0n) is 15.1. The van der Waals surface area contributed by atoms with Crippen molar-refractivity contribution in [2.75, 3.05) is 0 Å². The Labute approximate surface area is 159 Å². The molecule has 3 aromatic carbocycles. The van der Waals surface area contributed by atoms with Gasteiger partial charge in [-0.2, -0.15) is 0 Å². The number of fused-ring (bicyclic) bond motifs is 8. The van der Waals surface area contributed by atoms with Crippen LogP contribution in [0.25, 0.3) is 0 Å². The molecule has 2 aliphatic heterocycles. The average Bonchev–Trinajstić information content (AvgIpc) is 3.22. The van der Waals surface area contributed by atoms with Crippen LogP contribution in [0.2, 0.25) is 0 Å². The van der Waals surface area contributed by atoms with E-state index in [-0.39, 0.29) is 11.8 Å². The van der Waals surface area contributed by atoms with Crippen molar-refractivity contribution in [3.8, 4) is 0 Å². The zero-order valence-corrected chi connectivity index (χ0v) is 15.1. The summed E-state index contributed by atoms with van der Waals surface area (Å²) in [5.74, 6) is 0.449. The summed E-state index contributed by atoms with van der Waals surface area (Å²) in [6.07, 6.45) is 0. The van der Waals surface area contributed by atoms with Gasteiger partial charge in [0.2, 0.25) is 0 Å². The number of benzene rings is 3. The molecule has 1 saturated carbocycles. The minimum atomic E-state index is -0.489. The van der Waals surface area contributed by atoms with Crippen molar-refractivity contribution in [1.82, 2.24) is 0 Å². The van der Waals surface area contributed by atoms with Gasteiger partial charge in [0.1, 0.15) is 11.2 Å². The first-order chi connectivity index (χ1) is 13.2. The third-order valence-corrected chi connectivity index (χ3v) is 6.83. The van der Waals surface area contributed by atoms with E-state index in [9.17, 15) is 0 Å². The van der Waals surface area contributed by atoms with Gasteiger partial charge in [-0.05, 0) is 33.4 Å². The fraction of sp³-hybridized carbons (Fsp3) is 0.154. The first-order valence-corrected chi connectivity index (χ1v) is 9.50. The van der Waals surface area contributed by atoms with Crippen molar-refractivity contribution in [3.63, 3.8) is 0 Å². The van der Waals surface area contributed by atoms with Crippen molar-refractivity contribution in [2.45, 2.75) is 11.2 Å². The van der Waals surface area contributed by atoms with Gasteiger partial charge in [-0.3, -0.25) is 0 Å². The maximum Gasteiger partial charge on any atom is 0.128 e. The smallest absolute Gasteiger partial charge is 0.128 e. The largest absolute Gasteiger partial charge is 0.348 e. The molecule has 0 N–H and O–H groups in total. The molecule has 130 valence electrons. The van der Waals surface area contributed by atoms with Crippen LogP contribution in [-0.4, -0.2) is 0 Å². The molecule has 2 heterocycles. The summed E-state index contributed by atoms with van der Waals surface area (Å²) < 4.78 is 7.20. The van der Waals surface area contributed by atoms with E-state index in [1.807, 2.05) is 0 Å². The van der Waals surface area contributed by atoms with E-state index >= 15 is 0 Å². The Morgan fingerprint density at radius 1 is 0.556 bits per heavy atom. The molecule has 1 aliphatic carbocycles. The van der Waals surface area contributed by atoms with Crippen molar-refractivity contribution in [1.29, 1.82) is 0 Å². The Morgan fingerprint density at radius 2 is 0.926 bits per heavy atom. The Balaban J connectivity index is 1.73. The number of rotatable bonds is 2. The number of hydrogen-bond acceptors (Lipinski definition) is 1. The molecule has 0 radical (unpaired) electrons. The maximum atomic E-state index is 7.20. The second-order valence-electron chi connectivity index (χ2n) is 7.86. The van der Waals surface area contributed by atoms with Gasteiger partial charge in [0.05, 0.1) is 0 Å². The Morgan fingerprint density at radius 3 is 1.33 bits per heavy atom. The van der Waals surface area contributed by atoms with Crippen molar-refractivity contribution in [2.24, 2.45) is 11.8 Å². The van der Waals surface area contributed by atoms with Crippen LogP contribution in [0.4, 0.5) is 0 Å². The highest BCUT2D eigenvalue weighted by molar-refractivity contribution is 5.66. The minimum Gasteiger partial charge on any atom is -0.348 e. The van der Waals surface area contributed by atoms with Crippen LogP contribution in [0.3, 0.4) is 0 Å². The van der Waals surface area contributed by atoms with E-state index in [0.717, 1.165) is 11.1 Å². The van der Waals surface area contributed by atoms with E-state index in [1.54, 1.807) is 0 Å². The topological polar surface area (TPSA) is 9.23 Å². The molecule has 1 nitrogen and oxygen atoms in total. The minimum absolute atomic E-state index is 0.225. The average molecular weight is 348 g/mol. The van der Waals surface area contributed by atoms with Gasteiger partial charge in [0, 0.05) is 11.8 Å². The molecular weight excluding hydrogens is 328 g/mol. The SMILES string of the molecule is C=C1C(=C)C2C1[C@]1(c3ccccc3)O[C@@]2(c2ccccc2)c2ccccc21. The molecule has 2 unspecified atom stereocenters. The van der Waals surface area contributed by atoms with Crippen LogP contribution in [-0.2, 0) is 15.9 Å². The van der Waals surface area contributed by atoms with Crippen molar-refractivity contribution < 1.29 is 4.74 Å². The van der Waals surface area contributed by atoms with Crippen LogP contribution >= 0.6 is 0 Å². The third-order valence-electron chi connectivity index (χ3n) is 6.83. The second-order valence-corrected chi connectivity index (χ2v) is 7.86. The van der Waals surface area contributed by atoms with E-state index in [2.05, 4.69) is 98.1 Å². The second kappa shape index (κ2) is 4.88. The standard InChI is InChI=1S/C26H20O/c1-17-18(2)24-23(17)25(19-11-5-3-6-12-19)21-15-9-10-16-22(21)26(24,27-25)20-13-7-4-8-14-20/h3-16,23-24H,1-2H2/t23?,24?,25-,26+. The van der Waals surface area contributed by atoms with Crippen molar-refractivity contribution in [3.05, 3.63) is 131 Å². The molecule has 1 heteroatoms. The quantitative estimate of drug-likeness (QED) is 0.588. The highest BCUT2D eigenvalue weighted by Crippen LogP contribution is 2.76. The summed E-state index contributed by atoms with van der Waals surface area (Å²) in [4.78, 5) is 0. The van der Waals surface area contributed by atoms with Gasteiger partial charge in [0.25, 0.3) is 0 Å². The van der Waals surface area contributed by atoms with Gasteiger partial charge in [-0.1, -0.05) is 98.1 Å². The molecular formula is C26H20O. The molecule has 2 bridgehead atoms. The molecule has 0 aromatic heterocycles. The first-order valence-electron chi connectivity index (χ1n) is 9.50. The van der Waals surface area contributed by atoms with Crippen LogP contribution in [0, 0.1) is 11.8 Å². The van der Waals surface area contributed by atoms with E-state index in [4.69, 9.17) is 4.74 Å². The molecule has 0 amide bonds. The Kier molecular flexibility index (Phi) is 2.74. The molecule has 27 heavy (non-hydrogen) atoms. The summed E-state index contributed by atoms with van der Waals surface area (Å²) in [5.41, 5.74) is 6.25. The summed E-state index contributed by atoms with van der Waals surface area (Å²) in [6.45, 7) is 8.78. The monoisotopic (exact) mass is 348 g/mol. The Hall–Kier alpha value is -2.90. The lowest BCUT2D eigenvalue weighted by Gasteiger charge is -2.50. The fourth-order valence-electron chi connectivity index (χ4n) is 5.78. The maximum absolute atomic E-state index is 7.20. The van der Waals surface area contributed by atoms with Crippen LogP contribution in [0.1, 0.15) is 22.3 Å². The molecule has 3 aromatic rings. The molecule has 2 fully saturated rings. The van der Waals surface area contributed by atoms with Crippen molar-refractivity contribution >= 4 is 0 Å². The normalized spacial score (nSPS) is 32.7. The lowest BCUT2D eigenvalue weighted by Crippen LogP contribution is -2.49. The number of hydrogen-bond donors (Lipinski definition) is 0. The van der Waals surface area contributed by atoms with E-state index in [0.29, 0.717) is 0 Å².